The lowest BCUT2D eigenvalue weighted by atomic mass is 10.1. The van der Waals surface area contributed by atoms with Gasteiger partial charge in [0.15, 0.2) is 0 Å². The summed E-state index contributed by atoms with van der Waals surface area (Å²) in [6.45, 7) is 0.410. The predicted octanol–water partition coefficient (Wildman–Crippen LogP) is 3.20. The van der Waals surface area contributed by atoms with Crippen molar-refractivity contribution in [2.75, 3.05) is 11.9 Å². The van der Waals surface area contributed by atoms with Gasteiger partial charge in [-0.2, -0.15) is 5.26 Å². The van der Waals surface area contributed by atoms with E-state index in [1.807, 2.05) is 0 Å². The van der Waals surface area contributed by atoms with Crippen LogP contribution in [0.2, 0.25) is 0 Å². The molecular weight excluding hydrogens is 345 g/mol. The Balaban J connectivity index is 1.57. The van der Waals surface area contributed by atoms with Crippen LogP contribution in [-0.2, 0) is 6.42 Å². The highest BCUT2D eigenvalue weighted by molar-refractivity contribution is 5.92. The van der Waals surface area contributed by atoms with Crippen molar-refractivity contribution < 1.29 is 9.18 Å². The number of hydrogen-bond donors (Lipinski definition) is 2. The van der Waals surface area contributed by atoms with E-state index in [1.165, 1.54) is 18.5 Å². The van der Waals surface area contributed by atoms with Crippen LogP contribution >= 0.6 is 0 Å². The number of anilines is 2. The molecule has 0 unspecified atom stereocenters. The van der Waals surface area contributed by atoms with Crippen LogP contribution in [0, 0.1) is 17.1 Å². The zero-order valence-corrected chi connectivity index (χ0v) is 14.3. The number of aromatic nitrogens is 2. The fraction of sp³-hybridized carbons (Fsp3) is 0.100. The summed E-state index contributed by atoms with van der Waals surface area (Å²) in [7, 11) is 0. The Morgan fingerprint density at radius 3 is 2.52 bits per heavy atom. The number of rotatable bonds is 6. The van der Waals surface area contributed by atoms with Gasteiger partial charge in [0.2, 0.25) is 0 Å². The van der Waals surface area contributed by atoms with E-state index in [4.69, 9.17) is 5.26 Å². The quantitative estimate of drug-likeness (QED) is 0.704. The third kappa shape index (κ3) is 5.09. The largest absolute Gasteiger partial charge is 0.350 e. The van der Waals surface area contributed by atoms with Gasteiger partial charge in [-0.3, -0.25) is 4.79 Å². The van der Waals surface area contributed by atoms with Crippen LogP contribution in [0.15, 0.2) is 60.9 Å². The number of nitrogens with zero attached hydrogens (tertiary/aromatic N) is 3. The highest BCUT2D eigenvalue weighted by atomic mass is 19.1. The molecule has 1 amide bonds. The molecule has 1 heterocycles. The first-order valence-corrected chi connectivity index (χ1v) is 8.26. The lowest BCUT2D eigenvalue weighted by Crippen LogP contribution is -2.26. The van der Waals surface area contributed by atoms with Crippen molar-refractivity contribution in [1.29, 1.82) is 5.26 Å². The van der Waals surface area contributed by atoms with Gasteiger partial charge < -0.3 is 10.6 Å². The summed E-state index contributed by atoms with van der Waals surface area (Å²) in [6, 6.07) is 16.6. The average Bonchev–Trinajstić information content (AvgIpc) is 2.70. The number of carbonyl (C=O) groups is 1. The Bertz CT molecular complexity index is 965. The number of carbonyl (C=O) groups excluding carboxylic acids is 1. The van der Waals surface area contributed by atoms with Crippen LogP contribution in [0.5, 0.6) is 0 Å². The van der Waals surface area contributed by atoms with Gasteiger partial charge in [0, 0.05) is 18.3 Å². The molecule has 0 bridgehead atoms. The van der Waals surface area contributed by atoms with E-state index in [0.29, 0.717) is 24.3 Å². The van der Waals surface area contributed by atoms with Crippen molar-refractivity contribution in [3.8, 4) is 6.07 Å². The fourth-order valence-corrected chi connectivity index (χ4v) is 2.39. The summed E-state index contributed by atoms with van der Waals surface area (Å²) in [6.07, 6.45) is 1.90. The smallest absolute Gasteiger partial charge is 0.270 e. The zero-order valence-electron chi connectivity index (χ0n) is 14.3. The number of hydrogen-bond acceptors (Lipinski definition) is 5. The molecular formula is C20H16FN5O. The summed E-state index contributed by atoms with van der Waals surface area (Å²) in [5.74, 6) is -0.133. The maximum atomic E-state index is 12.9. The zero-order chi connectivity index (χ0) is 19.1. The van der Waals surface area contributed by atoms with Crippen LogP contribution in [-0.4, -0.2) is 22.4 Å². The highest BCUT2D eigenvalue weighted by Gasteiger charge is 2.08. The molecule has 27 heavy (non-hydrogen) atoms. The second kappa shape index (κ2) is 8.54. The summed E-state index contributed by atoms with van der Waals surface area (Å²) in [5.41, 5.74) is 2.47. The van der Waals surface area contributed by atoms with Gasteiger partial charge in [-0.05, 0) is 48.4 Å². The van der Waals surface area contributed by atoms with Gasteiger partial charge in [-0.15, -0.1) is 0 Å². The predicted molar refractivity (Wildman–Crippen MR) is 98.9 cm³/mol. The van der Waals surface area contributed by atoms with Crippen molar-refractivity contribution in [3.05, 3.63) is 83.6 Å². The Kier molecular flexibility index (Phi) is 5.70. The molecule has 0 radical (unpaired) electrons. The van der Waals surface area contributed by atoms with Gasteiger partial charge in [0.05, 0.1) is 11.6 Å². The first-order chi connectivity index (χ1) is 13.1. The molecule has 0 aliphatic heterocycles. The van der Waals surface area contributed by atoms with Crippen molar-refractivity contribution in [2.45, 2.75) is 6.42 Å². The van der Waals surface area contributed by atoms with E-state index >= 15 is 0 Å². The molecule has 0 saturated heterocycles. The van der Waals surface area contributed by atoms with Crippen LogP contribution in [0.4, 0.5) is 15.9 Å². The maximum Gasteiger partial charge on any atom is 0.270 e. The third-order valence-electron chi connectivity index (χ3n) is 3.80. The molecule has 0 spiro atoms. The minimum Gasteiger partial charge on any atom is -0.350 e. The van der Waals surface area contributed by atoms with Crippen molar-refractivity contribution in [1.82, 2.24) is 15.3 Å². The summed E-state index contributed by atoms with van der Waals surface area (Å²) in [4.78, 5) is 20.3. The number of nitriles is 1. The summed E-state index contributed by atoms with van der Waals surface area (Å²) < 4.78 is 12.9. The molecule has 1 aromatic heterocycles. The lowest BCUT2D eigenvalue weighted by Gasteiger charge is -2.08. The van der Waals surface area contributed by atoms with Gasteiger partial charge in [-0.25, -0.2) is 14.4 Å². The monoisotopic (exact) mass is 361 g/mol. The first kappa shape index (κ1) is 18.0. The lowest BCUT2D eigenvalue weighted by molar-refractivity contribution is 0.0949. The van der Waals surface area contributed by atoms with E-state index < -0.39 is 0 Å². The minimum atomic E-state index is -0.317. The highest BCUT2D eigenvalue weighted by Crippen LogP contribution is 2.15. The molecule has 0 saturated carbocycles. The van der Waals surface area contributed by atoms with Crippen molar-refractivity contribution in [3.63, 3.8) is 0 Å². The normalized spacial score (nSPS) is 10.1. The number of benzene rings is 2. The van der Waals surface area contributed by atoms with Gasteiger partial charge in [-0.1, -0.05) is 12.1 Å². The van der Waals surface area contributed by atoms with Gasteiger partial charge in [0.25, 0.3) is 5.91 Å². The number of amides is 1. The molecule has 3 rings (SSSR count). The van der Waals surface area contributed by atoms with Gasteiger partial charge in [0.1, 0.15) is 23.7 Å². The first-order valence-electron chi connectivity index (χ1n) is 8.26. The molecule has 0 aliphatic rings. The van der Waals surface area contributed by atoms with Crippen LogP contribution in [0.3, 0.4) is 0 Å². The third-order valence-corrected chi connectivity index (χ3v) is 3.80. The second-order valence-electron chi connectivity index (χ2n) is 5.74. The topological polar surface area (TPSA) is 90.7 Å². The van der Waals surface area contributed by atoms with Crippen molar-refractivity contribution >= 4 is 17.4 Å². The Morgan fingerprint density at radius 2 is 1.81 bits per heavy atom. The molecule has 7 heteroatoms. The van der Waals surface area contributed by atoms with E-state index in [1.54, 1.807) is 42.5 Å². The van der Waals surface area contributed by atoms with E-state index in [-0.39, 0.29) is 17.4 Å². The van der Waals surface area contributed by atoms with Gasteiger partial charge >= 0.3 is 0 Å². The molecule has 6 nitrogen and oxygen atoms in total. The Labute approximate surface area is 155 Å². The van der Waals surface area contributed by atoms with Crippen LogP contribution < -0.4 is 10.6 Å². The van der Waals surface area contributed by atoms with E-state index in [2.05, 4.69) is 26.7 Å². The molecule has 0 aliphatic carbocycles. The minimum absolute atomic E-state index is 0.236. The van der Waals surface area contributed by atoms with E-state index in [0.717, 1.165) is 11.3 Å². The maximum absolute atomic E-state index is 12.9. The van der Waals surface area contributed by atoms with Crippen LogP contribution in [0.1, 0.15) is 21.6 Å². The molecule has 0 fully saturated rings. The molecule has 134 valence electrons. The SMILES string of the molecule is N#Cc1ccc(Nc2cc(C(=O)NCCc3ccc(F)cc3)ncn2)cc1. The summed E-state index contributed by atoms with van der Waals surface area (Å²) in [5, 5.41) is 14.7. The Morgan fingerprint density at radius 1 is 1.07 bits per heavy atom. The Hall–Kier alpha value is -3.79. The molecule has 0 atom stereocenters. The summed E-state index contributed by atoms with van der Waals surface area (Å²) >= 11 is 0. The average molecular weight is 361 g/mol. The molecule has 3 aromatic rings. The second-order valence-corrected chi connectivity index (χ2v) is 5.74. The molecule has 2 aromatic carbocycles. The number of nitrogens with one attached hydrogen (secondary N) is 2. The van der Waals surface area contributed by atoms with Crippen LogP contribution in [0.25, 0.3) is 0 Å². The van der Waals surface area contributed by atoms with E-state index in [9.17, 15) is 9.18 Å². The van der Waals surface area contributed by atoms with Crippen molar-refractivity contribution in [2.24, 2.45) is 0 Å². The molecule has 2 N–H and O–H groups in total. The number of halogens is 1. The standard InChI is InChI=1S/C20H16FN5O/c21-16-5-1-14(2-6-16)9-10-23-20(27)18-11-19(25-13-24-18)26-17-7-3-15(12-22)4-8-17/h1-8,11,13H,9-10H2,(H,23,27)(H,24,25,26). The fourth-order valence-electron chi connectivity index (χ4n) is 2.39.